The van der Waals surface area contributed by atoms with Crippen LogP contribution in [0.2, 0.25) is 0 Å². The van der Waals surface area contributed by atoms with Gasteiger partial charge in [-0.1, -0.05) is 0 Å². The molecule has 0 spiro atoms. The lowest BCUT2D eigenvalue weighted by Gasteiger charge is -2.28. The molecule has 1 fully saturated rings. The summed E-state index contributed by atoms with van der Waals surface area (Å²) in [5.41, 5.74) is -0.608. The van der Waals surface area contributed by atoms with Crippen molar-refractivity contribution in [1.29, 1.82) is 0 Å². The molecule has 2 atom stereocenters. The van der Waals surface area contributed by atoms with E-state index in [2.05, 4.69) is 10.2 Å². The first-order valence-corrected chi connectivity index (χ1v) is 7.67. The first kappa shape index (κ1) is 17.2. The molecule has 1 aliphatic rings. The number of carbonyl (C=O) groups excluding carboxylic acids is 2. The molecule has 0 N–H and O–H groups in total. The monoisotopic (exact) mass is 325 g/mol. The van der Waals surface area contributed by atoms with E-state index in [0.29, 0.717) is 18.9 Å². The number of hydrogen-bond donors (Lipinski definition) is 0. The Kier molecular flexibility index (Phi) is 4.91. The van der Waals surface area contributed by atoms with Gasteiger partial charge in [0.1, 0.15) is 11.6 Å². The fraction of sp³-hybridized carbons (Fsp3) is 0.733. The second-order valence-corrected chi connectivity index (χ2v) is 6.57. The van der Waals surface area contributed by atoms with E-state index in [4.69, 9.17) is 13.9 Å². The molecule has 1 saturated heterocycles. The molecule has 0 radical (unpaired) electrons. The number of esters is 1. The van der Waals surface area contributed by atoms with Crippen molar-refractivity contribution in [3.05, 3.63) is 11.8 Å². The van der Waals surface area contributed by atoms with Crippen molar-refractivity contribution < 1.29 is 23.5 Å². The Bertz CT molecular complexity index is 578. The highest BCUT2D eigenvalue weighted by Crippen LogP contribution is 2.24. The summed E-state index contributed by atoms with van der Waals surface area (Å²) in [6, 6.07) is -0.642. The molecule has 0 aromatic carbocycles. The lowest BCUT2D eigenvalue weighted by Crippen LogP contribution is -2.44. The van der Waals surface area contributed by atoms with E-state index in [-0.39, 0.29) is 5.89 Å². The number of likely N-dealkylation sites (tertiary alicyclic amines) is 1. The van der Waals surface area contributed by atoms with Gasteiger partial charge in [-0.3, -0.25) is 4.90 Å². The molecule has 128 valence electrons. The summed E-state index contributed by atoms with van der Waals surface area (Å²) in [4.78, 5) is 26.0. The van der Waals surface area contributed by atoms with Crippen LogP contribution in [-0.2, 0) is 14.3 Å². The molecule has 0 saturated carbocycles. The molecule has 2 rings (SSSR count). The maximum Gasteiger partial charge on any atom is 0.411 e. The number of carbonyl (C=O) groups is 2. The SMILES string of the molecule is Cc1nnc([C@@H](C)OC(=O)[C@@H]2CCCN2C(=O)OC(C)(C)C)o1. The highest BCUT2D eigenvalue weighted by molar-refractivity contribution is 5.82. The van der Waals surface area contributed by atoms with Crippen molar-refractivity contribution in [2.24, 2.45) is 0 Å². The Labute approximate surface area is 135 Å². The first-order valence-electron chi connectivity index (χ1n) is 7.67. The van der Waals surface area contributed by atoms with Crippen LogP contribution in [0.3, 0.4) is 0 Å². The van der Waals surface area contributed by atoms with E-state index >= 15 is 0 Å². The molecule has 1 aromatic heterocycles. The van der Waals surface area contributed by atoms with Crippen LogP contribution in [0.1, 0.15) is 58.4 Å². The standard InChI is InChI=1S/C15H23N3O5/c1-9(12-17-16-10(2)22-12)21-13(19)11-7-6-8-18(11)14(20)23-15(3,4)5/h9,11H,6-8H2,1-5H3/t9-,11+/m1/s1. The first-order chi connectivity index (χ1) is 10.7. The zero-order chi connectivity index (χ0) is 17.2. The molecule has 2 heterocycles. The molecular weight excluding hydrogens is 302 g/mol. The van der Waals surface area contributed by atoms with Crippen LogP contribution in [0.4, 0.5) is 4.79 Å². The molecule has 0 bridgehead atoms. The lowest BCUT2D eigenvalue weighted by atomic mass is 10.2. The van der Waals surface area contributed by atoms with Crippen LogP contribution < -0.4 is 0 Å². The van der Waals surface area contributed by atoms with Crippen LogP contribution in [-0.4, -0.2) is 45.3 Å². The summed E-state index contributed by atoms with van der Waals surface area (Å²) >= 11 is 0. The lowest BCUT2D eigenvalue weighted by molar-refractivity contribution is -0.154. The average molecular weight is 325 g/mol. The Hall–Kier alpha value is -2.12. The van der Waals surface area contributed by atoms with E-state index in [1.165, 1.54) is 4.90 Å². The van der Waals surface area contributed by atoms with Crippen molar-refractivity contribution in [1.82, 2.24) is 15.1 Å². The topological polar surface area (TPSA) is 94.8 Å². The van der Waals surface area contributed by atoms with Gasteiger partial charge in [-0.25, -0.2) is 9.59 Å². The zero-order valence-corrected chi connectivity index (χ0v) is 14.2. The van der Waals surface area contributed by atoms with E-state index in [0.717, 1.165) is 6.42 Å². The minimum absolute atomic E-state index is 0.234. The highest BCUT2D eigenvalue weighted by Gasteiger charge is 2.38. The minimum Gasteiger partial charge on any atom is -0.451 e. The van der Waals surface area contributed by atoms with Gasteiger partial charge in [0.25, 0.3) is 5.89 Å². The van der Waals surface area contributed by atoms with Crippen molar-refractivity contribution in [3.8, 4) is 0 Å². The molecule has 1 amide bonds. The second kappa shape index (κ2) is 6.55. The molecule has 8 nitrogen and oxygen atoms in total. The van der Waals surface area contributed by atoms with Gasteiger partial charge in [0.05, 0.1) is 0 Å². The molecule has 0 aliphatic carbocycles. The predicted octanol–water partition coefficient (Wildman–Crippen LogP) is 2.38. The van der Waals surface area contributed by atoms with Crippen LogP contribution >= 0.6 is 0 Å². The van der Waals surface area contributed by atoms with Crippen LogP contribution in [0, 0.1) is 6.92 Å². The molecule has 0 unspecified atom stereocenters. The Morgan fingerprint density at radius 1 is 1.35 bits per heavy atom. The molecule has 1 aliphatic heterocycles. The van der Waals surface area contributed by atoms with Crippen molar-refractivity contribution in [2.75, 3.05) is 6.54 Å². The van der Waals surface area contributed by atoms with Crippen molar-refractivity contribution in [2.45, 2.75) is 65.2 Å². The number of aromatic nitrogens is 2. The maximum atomic E-state index is 12.4. The third kappa shape index (κ3) is 4.43. The summed E-state index contributed by atoms with van der Waals surface area (Å²) in [6.07, 6.45) is 0.115. The Morgan fingerprint density at radius 3 is 2.61 bits per heavy atom. The second-order valence-electron chi connectivity index (χ2n) is 6.57. The number of nitrogens with zero attached hydrogens (tertiary/aromatic N) is 3. The minimum atomic E-state index is -0.662. The zero-order valence-electron chi connectivity index (χ0n) is 14.2. The predicted molar refractivity (Wildman–Crippen MR) is 79.5 cm³/mol. The molecular formula is C15H23N3O5. The Morgan fingerprint density at radius 2 is 2.04 bits per heavy atom. The third-order valence-corrected chi connectivity index (χ3v) is 3.34. The van der Waals surface area contributed by atoms with Crippen LogP contribution in [0.25, 0.3) is 0 Å². The number of amides is 1. The van der Waals surface area contributed by atoms with Gasteiger partial charge < -0.3 is 13.9 Å². The number of rotatable bonds is 3. The quantitative estimate of drug-likeness (QED) is 0.787. The van der Waals surface area contributed by atoms with E-state index in [1.807, 2.05) is 0 Å². The van der Waals surface area contributed by atoms with Crippen molar-refractivity contribution >= 4 is 12.1 Å². The average Bonchev–Trinajstić information content (AvgIpc) is 3.04. The van der Waals surface area contributed by atoms with Gasteiger partial charge in [-0.05, 0) is 40.5 Å². The Balaban J connectivity index is 1.99. The summed E-state index contributed by atoms with van der Waals surface area (Å²) in [6.45, 7) is 9.14. The summed E-state index contributed by atoms with van der Waals surface area (Å²) in [5.74, 6) is 0.147. The van der Waals surface area contributed by atoms with Gasteiger partial charge >= 0.3 is 12.1 Å². The van der Waals surface area contributed by atoms with E-state index in [9.17, 15) is 9.59 Å². The number of ether oxygens (including phenoxy) is 2. The van der Waals surface area contributed by atoms with Crippen molar-refractivity contribution in [3.63, 3.8) is 0 Å². The third-order valence-electron chi connectivity index (χ3n) is 3.34. The fourth-order valence-corrected chi connectivity index (χ4v) is 2.33. The van der Waals surface area contributed by atoms with Crippen LogP contribution in [0.15, 0.2) is 4.42 Å². The smallest absolute Gasteiger partial charge is 0.411 e. The van der Waals surface area contributed by atoms with E-state index < -0.39 is 29.8 Å². The number of aryl methyl sites for hydroxylation is 1. The molecule has 23 heavy (non-hydrogen) atoms. The number of hydrogen-bond acceptors (Lipinski definition) is 7. The van der Waals surface area contributed by atoms with Gasteiger partial charge in [0.2, 0.25) is 5.89 Å². The highest BCUT2D eigenvalue weighted by atomic mass is 16.6. The normalized spacial score (nSPS) is 19.5. The summed E-state index contributed by atoms with van der Waals surface area (Å²) in [5, 5.41) is 7.53. The van der Waals surface area contributed by atoms with Gasteiger partial charge in [-0.15, -0.1) is 10.2 Å². The maximum absolute atomic E-state index is 12.4. The van der Waals surface area contributed by atoms with Gasteiger partial charge in [0, 0.05) is 13.5 Å². The van der Waals surface area contributed by atoms with Gasteiger partial charge in [0.15, 0.2) is 6.10 Å². The molecule has 8 heteroatoms. The van der Waals surface area contributed by atoms with Crippen LogP contribution in [0.5, 0.6) is 0 Å². The largest absolute Gasteiger partial charge is 0.451 e. The van der Waals surface area contributed by atoms with Gasteiger partial charge in [-0.2, -0.15) is 0 Å². The molecule has 1 aromatic rings. The summed E-state index contributed by atoms with van der Waals surface area (Å²) < 4.78 is 15.9. The van der Waals surface area contributed by atoms with E-state index in [1.54, 1.807) is 34.6 Å². The fourth-order valence-electron chi connectivity index (χ4n) is 2.33. The summed E-state index contributed by atoms with van der Waals surface area (Å²) in [7, 11) is 0.